The molecule has 0 unspecified atom stereocenters. The van der Waals surface area contributed by atoms with Gasteiger partial charge in [-0.2, -0.15) is 0 Å². The van der Waals surface area contributed by atoms with E-state index < -0.39 is 0 Å². The van der Waals surface area contributed by atoms with Crippen LogP contribution in [0, 0.1) is 6.92 Å². The number of rotatable bonds is 5. The standard InChI is InChI=1S/C12H17N3O/c1-9-2-3-10(8-15-9)12(16)14-7-6-13-11-4-5-11/h2-3,8,11,13H,4-7H2,1H3,(H,14,16). The Balaban J connectivity index is 1.71. The van der Waals surface area contributed by atoms with Crippen molar-refractivity contribution in [2.75, 3.05) is 13.1 Å². The summed E-state index contributed by atoms with van der Waals surface area (Å²) in [6.07, 6.45) is 4.16. The molecule has 2 rings (SSSR count). The van der Waals surface area contributed by atoms with E-state index in [1.54, 1.807) is 12.3 Å². The molecule has 1 saturated carbocycles. The van der Waals surface area contributed by atoms with Crippen LogP contribution in [0.15, 0.2) is 18.3 Å². The van der Waals surface area contributed by atoms with Crippen molar-refractivity contribution in [2.45, 2.75) is 25.8 Å². The highest BCUT2D eigenvalue weighted by atomic mass is 16.1. The third-order valence-electron chi connectivity index (χ3n) is 2.59. The first-order chi connectivity index (χ1) is 7.75. The highest BCUT2D eigenvalue weighted by Gasteiger charge is 2.19. The molecule has 1 aromatic heterocycles. The minimum atomic E-state index is -0.0508. The molecule has 1 aliphatic carbocycles. The van der Waals surface area contributed by atoms with Crippen LogP contribution < -0.4 is 10.6 Å². The summed E-state index contributed by atoms with van der Waals surface area (Å²) >= 11 is 0. The topological polar surface area (TPSA) is 54.0 Å². The van der Waals surface area contributed by atoms with Gasteiger partial charge >= 0.3 is 0 Å². The Morgan fingerprint density at radius 1 is 1.44 bits per heavy atom. The van der Waals surface area contributed by atoms with Gasteiger partial charge in [0.05, 0.1) is 5.56 Å². The van der Waals surface area contributed by atoms with Crippen molar-refractivity contribution in [2.24, 2.45) is 0 Å². The van der Waals surface area contributed by atoms with Crippen LogP contribution in [0.25, 0.3) is 0 Å². The predicted octanol–water partition coefficient (Wildman–Crippen LogP) is 0.872. The van der Waals surface area contributed by atoms with E-state index in [9.17, 15) is 4.79 Å². The Morgan fingerprint density at radius 2 is 2.25 bits per heavy atom. The molecule has 1 fully saturated rings. The lowest BCUT2D eigenvalue weighted by Gasteiger charge is -2.05. The maximum atomic E-state index is 11.6. The van der Waals surface area contributed by atoms with Crippen LogP contribution in [-0.4, -0.2) is 30.0 Å². The molecular weight excluding hydrogens is 202 g/mol. The lowest BCUT2D eigenvalue weighted by molar-refractivity contribution is 0.0953. The summed E-state index contributed by atoms with van der Waals surface area (Å²) in [7, 11) is 0. The van der Waals surface area contributed by atoms with E-state index in [-0.39, 0.29) is 5.91 Å². The Kier molecular flexibility index (Phi) is 3.51. The molecule has 1 aliphatic rings. The van der Waals surface area contributed by atoms with E-state index in [0.717, 1.165) is 12.2 Å². The first-order valence-electron chi connectivity index (χ1n) is 5.70. The van der Waals surface area contributed by atoms with Gasteiger partial charge in [0.25, 0.3) is 5.91 Å². The normalized spacial score (nSPS) is 14.8. The zero-order valence-corrected chi connectivity index (χ0v) is 9.49. The van der Waals surface area contributed by atoms with Gasteiger partial charge in [-0.05, 0) is 31.9 Å². The van der Waals surface area contributed by atoms with Gasteiger partial charge in [0, 0.05) is 31.0 Å². The largest absolute Gasteiger partial charge is 0.351 e. The fourth-order valence-electron chi connectivity index (χ4n) is 1.44. The van der Waals surface area contributed by atoms with Crippen molar-refractivity contribution in [3.05, 3.63) is 29.6 Å². The molecule has 16 heavy (non-hydrogen) atoms. The molecule has 4 heteroatoms. The number of hydrogen-bond acceptors (Lipinski definition) is 3. The molecule has 86 valence electrons. The number of amides is 1. The summed E-state index contributed by atoms with van der Waals surface area (Å²) in [6.45, 7) is 3.42. The molecule has 2 N–H and O–H groups in total. The van der Waals surface area contributed by atoms with E-state index in [2.05, 4.69) is 15.6 Å². The van der Waals surface area contributed by atoms with Crippen molar-refractivity contribution >= 4 is 5.91 Å². The predicted molar refractivity (Wildman–Crippen MR) is 62.3 cm³/mol. The molecule has 0 bridgehead atoms. The lowest BCUT2D eigenvalue weighted by atomic mass is 10.2. The maximum absolute atomic E-state index is 11.6. The van der Waals surface area contributed by atoms with Gasteiger partial charge in [-0.15, -0.1) is 0 Å². The maximum Gasteiger partial charge on any atom is 0.252 e. The fraction of sp³-hybridized carbons (Fsp3) is 0.500. The van der Waals surface area contributed by atoms with Gasteiger partial charge < -0.3 is 10.6 Å². The summed E-state index contributed by atoms with van der Waals surface area (Å²) < 4.78 is 0. The molecule has 0 aliphatic heterocycles. The Hall–Kier alpha value is -1.42. The first-order valence-corrected chi connectivity index (χ1v) is 5.70. The molecule has 0 atom stereocenters. The molecule has 0 spiro atoms. The van der Waals surface area contributed by atoms with Crippen LogP contribution in [0.4, 0.5) is 0 Å². The Bertz CT molecular complexity index is 357. The number of aryl methyl sites for hydroxylation is 1. The van der Waals surface area contributed by atoms with E-state index in [1.165, 1.54) is 12.8 Å². The average molecular weight is 219 g/mol. The summed E-state index contributed by atoms with van der Waals surface area (Å²) in [5.74, 6) is -0.0508. The van der Waals surface area contributed by atoms with Crippen molar-refractivity contribution in [3.8, 4) is 0 Å². The monoisotopic (exact) mass is 219 g/mol. The Labute approximate surface area is 95.5 Å². The highest BCUT2D eigenvalue weighted by Crippen LogP contribution is 2.17. The number of nitrogens with one attached hydrogen (secondary N) is 2. The molecular formula is C12H17N3O. The SMILES string of the molecule is Cc1ccc(C(=O)NCCNC2CC2)cn1. The fourth-order valence-corrected chi connectivity index (χ4v) is 1.44. The molecule has 0 saturated heterocycles. The molecule has 4 nitrogen and oxygen atoms in total. The zero-order valence-electron chi connectivity index (χ0n) is 9.49. The van der Waals surface area contributed by atoms with E-state index >= 15 is 0 Å². The second-order valence-electron chi connectivity index (χ2n) is 4.17. The van der Waals surface area contributed by atoms with Crippen molar-refractivity contribution in [3.63, 3.8) is 0 Å². The lowest BCUT2D eigenvalue weighted by Crippen LogP contribution is -2.32. The molecule has 1 aromatic rings. The number of carbonyl (C=O) groups excluding carboxylic acids is 1. The number of nitrogens with zero attached hydrogens (tertiary/aromatic N) is 1. The van der Waals surface area contributed by atoms with Crippen molar-refractivity contribution in [1.82, 2.24) is 15.6 Å². The van der Waals surface area contributed by atoms with Crippen LogP contribution in [-0.2, 0) is 0 Å². The number of pyridine rings is 1. The number of aromatic nitrogens is 1. The second-order valence-corrected chi connectivity index (χ2v) is 4.17. The minimum Gasteiger partial charge on any atom is -0.351 e. The van der Waals surface area contributed by atoms with Crippen LogP contribution in [0.3, 0.4) is 0 Å². The van der Waals surface area contributed by atoms with Crippen LogP contribution in [0.2, 0.25) is 0 Å². The second kappa shape index (κ2) is 5.07. The highest BCUT2D eigenvalue weighted by molar-refractivity contribution is 5.93. The van der Waals surface area contributed by atoms with E-state index in [0.29, 0.717) is 18.2 Å². The van der Waals surface area contributed by atoms with E-state index in [4.69, 9.17) is 0 Å². The van der Waals surface area contributed by atoms with Crippen LogP contribution in [0.5, 0.6) is 0 Å². The number of hydrogen-bond donors (Lipinski definition) is 2. The summed E-state index contributed by atoms with van der Waals surface area (Å²) in [5, 5.41) is 6.20. The summed E-state index contributed by atoms with van der Waals surface area (Å²) in [6, 6.07) is 4.33. The summed E-state index contributed by atoms with van der Waals surface area (Å²) in [4.78, 5) is 15.7. The minimum absolute atomic E-state index is 0.0508. The first kappa shape index (κ1) is 11.1. The van der Waals surface area contributed by atoms with Gasteiger partial charge in [-0.25, -0.2) is 0 Å². The van der Waals surface area contributed by atoms with Gasteiger partial charge in [-0.1, -0.05) is 0 Å². The van der Waals surface area contributed by atoms with Gasteiger partial charge in [0.15, 0.2) is 0 Å². The van der Waals surface area contributed by atoms with Crippen molar-refractivity contribution in [1.29, 1.82) is 0 Å². The third kappa shape index (κ3) is 3.31. The van der Waals surface area contributed by atoms with E-state index in [1.807, 2.05) is 13.0 Å². The molecule has 0 radical (unpaired) electrons. The van der Waals surface area contributed by atoms with Crippen molar-refractivity contribution < 1.29 is 4.79 Å². The van der Waals surface area contributed by atoms with Gasteiger partial charge in [-0.3, -0.25) is 9.78 Å². The smallest absolute Gasteiger partial charge is 0.252 e. The summed E-state index contributed by atoms with van der Waals surface area (Å²) in [5.41, 5.74) is 1.55. The quantitative estimate of drug-likeness (QED) is 0.723. The van der Waals surface area contributed by atoms with Crippen LogP contribution in [0.1, 0.15) is 28.9 Å². The van der Waals surface area contributed by atoms with Crippen LogP contribution >= 0.6 is 0 Å². The van der Waals surface area contributed by atoms with Gasteiger partial charge in [0.1, 0.15) is 0 Å². The molecule has 0 aromatic carbocycles. The molecule has 1 heterocycles. The van der Waals surface area contributed by atoms with Gasteiger partial charge in [0.2, 0.25) is 0 Å². The Morgan fingerprint density at radius 3 is 2.88 bits per heavy atom. The third-order valence-corrected chi connectivity index (χ3v) is 2.59. The zero-order chi connectivity index (χ0) is 11.4. The molecule has 1 amide bonds. The number of carbonyl (C=O) groups is 1. The average Bonchev–Trinajstić information content (AvgIpc) is 3.09.